The van der Waals surface area contributed by atoms with Crippen LogP contribution in [0.4, 0.5) is 0 Å². The van der Waals surface area contributed by atoms with Gasteiger partial charge in [-0.1, -0.05) is 13.3 Å². The molecule has 104 valence electrons. The third-order valence-corrected chi connectivity index (χ3v) is 5.13. The number of hydrogen-bond acceptors (Lipinski definition) is 2. The molecule has 18 heavy (non-hydrogen) atoms. The maximum Gasteiger partial charge on any atom is 0.226 e. The van der Waals surface area contributed by atoms with Gasteiger partial charge in [0, 0.05) is 24.0 Å². The highest BCUT2D eigenvalue weighted by atomic mass is 16.2. The molecule has 0 spiro atoms. The first kappa shape index (κ1) is 13.9. The zero-order chi connectivity index (χ0) is 13.3. The average Bonchev–Trinajstić information content (AvgIpc) is 2.32. The van der Waals surface area contributed by atoms with Gasteiger partial charge in [0.1, 0.15) is 0 Å². The first-order chi connectivity index (χ1) is 8.52. The second-order valence-electron chi connectivity index (χ2n) is 6.43. The van der Waals surface area contributed by atoms with Crippen molar-refractivity contribution in [1.29, 1.82) is 0 Å². The second kappa shape index (κ2) is 5.60. The third kappa shape index (κ3) is 2.56. The lowest BCUT2D eigenvalue weighted by Gasteiger charge is -2.43. The molecule has 1 heterocycles. The summed E-state index contributed by atoms with van der Waals surface area (Å²) in [5, 5.41) is 0. The van der Waals surface area contributed by atoms with Crippen molar-refractivity contribution in [3.63, 3.8) is 0 Å². The maximum atomic E-state index is 12.8. The molecule has 3 nitrogen and oxygen atoms in total. The van der Waals surface area contributed by atoms with E-state index in [9.17, 15) is 4.79 Å². The lowest BCUT2D eigenvalue weighted by atomic mass is 9.76. The number of nitrogens with two attached hydrogens (primary N) is 1. The summed E-state index contributed by atoms with van der Waals surface area (Å²) in [5.41, 5.74) is 6.13. The normalized spacial score (nSPS) is 41.8. The Labute approximate surface area is 111 Å². The number of likely N-dealkylation sites (tertiary alicyclic amines) is 1. The van der Waals surface area contributed by atoms with Crippen molar-refractivity contribution in [2.75, 3.05) is 0 Å². The van der Waals surface area contributed by atoms with E-state index in [4.69, 9.17) is 5.73 Å². The summed E-state index contributed by atoms with van der Waals surface area (Å²) in [4.78, 5) is 15.0. The Morgan fingerprint density at radius 2 is 1.56 bits per heavy atom. The zero-order valence-corrected chi connectivity index (χ0v) is 12.1. The van der Waals surface area contributed by atoms with E-state index >= 15 is 0 Å². The number of hydrogen-bond donors (Lipinski definition) is 1. The smallest absolute Gasteiger partial charge is 0.226 e. The van der Waals surface area contributed by atoms with Crippen LogP contribution in [0.25, 0.3) is 0 Å². The van der Waals surface area contributed by atoms with Crippen LogP contribution in [-0.4, -0.2) is 28.9 Å². The van der Waals surface area contributed by atoms with Gasteiger partial charge in [-0.25, -0.2) is 0 Å². The summed E-state index contributed by atoms with van der Waals surface area (Å²) in [7, 11) is 0. The number of carbonyl (C=O) groups excluding carboxylic acids is 1. The van der Waals surface area contributed by atoms with Crippen LogP contribution in [0.1, 0.15) is 59.3 Å². The van der Waals surface area contributed by atoms with Crippen molar-refractivity contribution >= 4 is 5.91 Å². The summed E-state index contributed by atoms with van der Waals surface area (Å²) >= 11 is 0. The summed E-state index contributed by atoms with van der Waals surface area (Å²) in [6.45, 7) is 6.55. The summed E-state index contributed by atoms with van der Waals surface area (Å²) < 4.78 is 0. The fraction of sp³-hybridized carbons (Fsp3) is 0.933. The summed E-state index contributed by atoms with van der Waals surface area (Å²) in [6, 6.07) is 1.03. The molecule has 0 aromatic heterocycles. The molecule has 0 aromatic carbocycles. The minimum Gasteiger partial charge on any atom is -0.337 e. The molecule has 1 saturated carbocycles. The summed E-state index contributed by atoms with van der Waals surface area (Å²) in [6.07, 6.45) is 6.79. The van der Waals surface area contributed by atoms with Crippen LogP contribution in [0, 0.1) is 11.8 Å². The van der Waals surface area contributed by atoms with E-state index in [0.717, 1.165) is 32.1 Å². The van der Waals surface area contributed by atoms with E-state index < -0.39 is 0 Å². The molecule has 0 aromatic rings. The van der Waals surface area contributed by atoms with Gasteiger partial charge in [-0.2, -0.15) is 0 Å². The topological polar surface area (TPSA) is 46.3 Å². The molecule has 0 radical (unpaired) electrons. The van der Waals surface area contributed by atoms with Crippen molar-refractivity contribution < 1.29 is 4.79 Å². The van der Waals surface area contributed by atoms with E-state index in [0.29, 0.717) is 23.9 Å². The van der Waals surface area contributed by atoms with E-state index in [1.807, 2.05) is 0 Å². The molecule has 2 rings (SSSR count). The van der Waals surface area contributed by atoms with Gasteiger partial charge in [0.05, 0.1) is 0 Å². The Hall–Kier alpha value is -0.570. The molecule has 1 saturated heterocycles. The van der Waals surface area contributed by atoms with Gasteiger partial charge in [0.2, 0.25) is 5.91 Å². The van der Waals surface area contributed by atoms with Gasteiger partial charge >= 0.3 is 0 Å². The lowest BCUT2D eigenvalue weighted by molar-refractivity contribution is -0.144. The first-order valence-corrected chi connectivity index (χ1v) is 7.60. The van der Waals surface area contributed by atoms with E-state index in [2.05, 4.69) is 25.7 Å². The average molecular weight is 252 g/mol. The van der Waals surface area contributed by atoms with Crippen LogP contribution in [0.2, 0.25) is 0 Å². The molecule has 1 aliphatic carbocycles. The lowest BCUT2D eigenvalue weighted by Crippen LogP contribution is -2.53. The highest BCUT2D eigenvalue weighted by Crippen LogP contribution is 2.33. The molecule has 2 N–H and O–H groups in total. The number of carbonyl (C=O) groups is 1. The number of rotatable bonds is 1. The Bertz CT molecular complexity index is 295. The van der Waals surface area contributed by atoms with Crippen LogP contribution < -0.4 is 5.73 Å². The van der Waals surface area contributed by atoms with E-state index in [1.165, 1.54) is 6.42 Å². The highest BCUT2D eigenvalue weighted by Gasteiger charge is 2.38. The molecule has 0 bridgehead atoms. The Morgan fingerprint density at radius 1 is 1.00 bits per heavy atom. The van der Waals surface area contributed by atoms with Gasteiger partial charge in [0.15, 0.2) is 0 Å². The van der Waals surface area contributed by atoms with Crippen LogP contribution in [0.5, 0.6) is 0 Å². The first-order valence-electron chi connectivity index (χ1n) is 7.60. The van der Waals surface area contributed by atoms with Crippen LogP contribution in [-0.2, 0) is 4.79 Å². The highest BCUT2D eigenvalue weighted by molar-refractivity contribution is 5.80. The van der Waals surface area contributed by atoms with Crippen LogP contribution in [0.3, 0.4) is 0 Å². The number of piperidine rings is 1. The van der Waals surface area contributed by atoms with Crippen LogP contribution >= 0.6 is 0 Å². The minimum atomic E-state index is 0.164. The molecule has 2 aliphatic rings. The van der Waals surface area contributed by atoms with Crippen molar-refractivity contribution in [3.05, 3.63) is 0 Å². The molecule has 1 amide bonds. The van der Waals surface area contributed by atoms with Gasteiger partial charge in [-0.15, -0.1) is 0 Å². The van der Waals surface area contributed by atoms with Gasteiger partial charge in [-0.3, -0.25) is 4.79 Å². The standard InChI is InChI=1S/C15H28N2O/c1-10-6-4-7-11(2)17(10)15(18)13-8-5-9-14(16)12(13)3/h10-14H,4-9,16H2,1-3H3. The fourth-order valence-corrected chi connectivity index (χ4v) is 3.79. The monoisotopic (exact) mass is 252 g/mol. The van der Waals surface area contributed by atoms with E-state index in [1.54, 1.807) is 0 Å². The van der Waals surface area contributed by atoms with E-state index in [-0.39, 0.29) is 12.0 Å². The SMILES string of the molecule is CC1C(N)CCCC1C(=O)N1C(C)CCCC1C. The fourth-order valence-electron chi connectivity index (χ4n) is 3.79. The number of amides is 1. The number of nitrogens with zero attached hydrogens (tertiary/aromatic N) is 1. The van der Waals surface area contributed by atoms with Crippen molar-refractivity contribution in [2.45, 2.75) is 77.4 Å². The Balaban J connectivity index is 2.09. The molecule has 5 unspecified atom stereocenters. The predicted octanol–water partition coefficient (Wildman–Crippen LogP) is 2.54. The second-order valence-corrected chi connectivity index (χ2v) is 6.43. The minimum absolute atomic E-state index is 0.164. The van der Waals surface area contributed by atoms with Crippen molar-refractivity contribution in [3.8, 4) is 0 Å². The van der Waals surface area contributed by atoms with Crippen molar-refractivity contribution in [1.82, 2.24) is 4.90 Å². The molecule has 3 heteroatoms. The van der Waals surface area contributed by atoms with Crippen LogP contribution in [0.15, 0.2) is 0 Å². The predicted molar refractivity (Wildman–Crippen MR) is 74.1 cm³/mol. The quantitative estimate of drug-likeness (QED) is 0.779. The Morgan fingerprint density at radius 3 is 2.17 bits per heavy atom. The molecular formula is C15H28N2O. The maximum absolute atomic E-state index is 12.8. The molecule has 1 aliphatic heterocycles. The van der Waals surface area contributed by atoms with Gasteiger partial charge < -0.3 is 10.6 Å². The van der Waals surface area contributed by atoms with Gasteiger partial charge in [0.25, 0.3) is 0 Å². The Kier molecular flexibility index (Phi) is 4.31. The molecular weight excluding hydrogens is 224 g/mol. The van der Waals surface area contributed by atoms with Gasteiger partial charge in [-0.05, 0) is 51.9 Å². The molecule has 5 atom stereocenters. The largest absolute Gasteiger partial charge is 0.337 e. The summed E-state index contributed by atoms with van der Waals surface area (Å²) in [5.74, 6) is 0.877. The molecule has 2 fully saturated rings. The third-order valence-electron chi connectivity index (χ3n) is 5.13. The van der Waals surface area contributed by atoms with Crippen molar-refractivity contribution in [2.24, 2.45) is 17.6 Å². The zero-order valence-electron chi connectivity index (χ0n) is 12.1.